The van der Waals surface area contributed by atoms with Crippen LogP contribution in [-0.4, -0.2) is 104 Å². The first-order valence-electron chi connectivity index (χ1n) is 8.16. The summed E-state index contributed by atoms with van der Waals surface area (Å²) in [6, 6.07) is 0. The van der Waals surface area contributed by atoms with Gasteiger partial charge in [0.15, 0.2) is 0 Å². The first kappa shape index (κ1) is 18.6. The van der Waals surface area contributed by atoms with Crippen molar-refractivity contribution in [2.45, 2.75) is 19.4 Å². The normalized spacial score (nSPS) is 24.0. The van der Waals surface area contributed by atoms with E-state index < -0.39 is 16.1 Å². The highest BCUT2D eigenvalue weighted by atomic mass is 32.2. The van der Waals surface area contributed by atoms with Gasteiger partial charge in [0.05, 0.1) is 25.0 Å². The van der Waals surface area contributed by atoms with Crippen LogP contribution in [0.3, 0.4) is 0 Å². The summed E-state index contributed by atoms with van der Waals surface area (Å²) < 4.78 is 30.0. The van der Waals surface area contributed by atoms with E-state index in [1.165, 1.54) is 4.31 Å². The second-order valence-corrected chi connectivity index (χ2v) is 8.09. The van der Waals surface area contributed by atoms with Crippen molar-refractivity contribution in [2.24, 2.45) is 0 Å². The molecule has 134 valence electrons. The number of carbonyl (C=O) groups excluding carboxylic acids is 1. The minimum atomic E-state index is -3.23. The van der Waals surface area contributed by atoms with Gasteiger partial charge in [-0.1, -0.05) is 0 Å². The SMILES string of the molecule is CCOC[C@@H](O)CN1CCN(C(=O)CN2CCCS2(=O)=O)CC1. The Balaban J connectivity index is 1.72. The van der Waals surface area contributed by atoms with E-state index in [2.05, 4.69) is 4.90 Å². The number of aliphatic hydroxyl groups is 1. The molecule has 2 saturated heterocycles. The standard InChI is InChI=1S/C14H27N3O5S/c1-2-22-12-13(18)10-15-5-7-16(8-6-15)14(19)11-17-4-3-9-23(17,20)21/h13,18H,2-12H2,1H3/t13-/m0/s1. The van der Waals surface area contributed by atoms with Gasteiger partial charge >= 0.3 is 0 Å². The average molecular weight is 349 g/mol. The van der Waals surface area contributed by atoms with E-state index in [4.69, 9.17) is 4.74 Å². The zero-order valence-electron chi connectivity index (χ0n) is 13.7. The predicted molar refractivity (Wildman–Crippen MR) is 85.5 cm³/mol. The molecule has 1 atom stereocenters. The van der Waals surface area contributed by atoms with Gasteiger partial charge in [-0.15, -0.1) is 0 Å². The van der Waals surface area contributed by atoms with Gasteiger partial charge in [-0.05, 0) is 13.3 Å². The molecule has 0 spiro atoms. The molecule has 8 nitrogen and oxygen atoms in total. The maximum Gasteiger partial charge on any atom is 0.237 e. The molecule has 0 bridgehead atoms. The highest BCUT2D eigenvalue weighted by Crippen LogP contribution is 2.14. The molecule has 0 aromatic heterocycles. The third kappa shape index (κ3) is 5.39. The fraction of sp³-hybridized carbons (Fsp3) is 0.929. The highest BCUT2D eigenvalue weighted by Gasteiger charge is 2.32. The summed E-state index contributed by atoms with van der Waals surface area (Å²) in [6.07, 6.45) is 0.0770. The monoisotopic (exact) mass is 349 g/mol. The maximum absolute atomic E-state index is 12.2. The Bertz CT molecular complexity index is 491. The highest BCUT2D eigenvalue weighted by molar-refractivity contribution is 7.89. The largest absolute Gasteiger partial charge is 0.389 e. The molecule has 0 unspecified atom stereocenters. The number of rotatable bonds is 7. The number of sulfonamides is 1. The third-order valence-electron chi connectivity index (χ3n) is 4.22. The maximum atomic E-state index is 12.2. The second-order valence-electron chi connectivity index (χ2n) is 6.00. The minimum Gasteiger partial charge on any atom is -0.389 e. The fourth-order valence-corrected chi connectivity index (χ4v) is 4.37. The van der Waals surface area contributed by atoms with Gasteiger partial charge in [0.1, 0.15) is 0 Å². The van der Waals surface area contributed by atoms with Crippen LogP contribution >= 0.6 is 0 Å². The van der Waals surface area contributed by atoms with Gasteiger partial charge in [0, 0.05) is 45.9 Å². The topological polar surface area (TPSA) is 90.4 Å². The third-order valence-corrected chi connectivity index (χ3v) is 6.13. The van der Waals surface area contributed by atoms with Crippen LogP contribution in [0.25, 0.3) is 0 Å². The lowest BCUT2D eigenvalue weighted by atomic mass is 10.2. The molecule has 2 heterocycles. The number of amides is 1. The summed E-state index contributed by atoms with van der Waals surface area (Å²) in [5, 5.41) is 9.83. The van der Waals surface area contributed by atoms with Crippen LogP contribution in [0.2, 0.25) is 0 Å². The second kappa shape index (κ2) is 8.39. The fourth-order valence-electron chi connectivity index (χ4n) is 2.90. The van der Waals surface area contributed by atoms with Crippen molar-refractivity contribution in [3.8, 4) is 0 Å². The van der Waals surface area contributed by atoms with Crippen LogP contribution < -0.4 is 0 Å². The van der Waals surface area contributed by atoms with Gasteiger partial charge in [-0.25, -0.2) is 8.42 Å². The molecular weight excluding hydrogens is 322 g/mol. The number of hydrogen-bond donors (Lipinski definition) is 1. The number of nitrogens with zero attached hydrogens (tertiary/aromatic N) is 3. The number of aliphatic hydroxyl groups excluding tert-OH is 1. The van der Waals surface area contributed by atoms with Crippen LogP contribution in [0, 0.1) is 0 Å². The Labute approximate surface area is 138 Å². The van der Waals surface area contributed by atoms with Crippen LogP contribution in [0.5, 0.6) is 0 Å². The molecule has 2 aliphatic rings. The molecule has 1 N–H and O–H groups in total. The lowest BCUT2D eigenvalue weighted by Crippen LogP contribution is -2.52. The van der Waals surface area contributed by atoms with E-state index in [0.29, 0.717) is 58.9 Å². The molecule has 0 saturated carbocycles. The Hall–Kier alpha value is -0.740. The van der Waals surface area contributed by atoms with Crippen molar-refractivity contribution < 1.29 is 23.1 Å². The average Bonchev–Trinajstić information content (AvgIpc) is 2.84. The van der Waals surface area contributed by atoms with Crippen molar-refractivity contribution in [3.05, 3.63) is 0 Å². The lowest BCUT2D eigenvalue weighted by Gasteiger charge is -2.36. The predicted octanol–water partition coefficient (Wildman–Crippen LogP) is -1.44. The molecule has 2 aliphatic heterocycles. The summed E-state index contributed by atoms with van der Waals surface area (Å²) in [6.45, 7) is 6.21. The molecule has 2 fully saturated rings. The van der Waals surface area contributed by atoms with Crippen LogP contribution in [0.4, 0.5) is 0 Å². The molecule has 0 aromatic rings. The summed E-state index contributed by atoms with van der Waals surface area (Å²) in [5.74, 6) is 0.0104. The van der Waals surface area contributed by atoms with E-state index >= 15 is 0 Å². The van der Waals surface area contributed by atoms with Gasteiger partial charge in [0.25, 0.3) is 0 Å². The van der Waals surface area contributed by atoms with Gasteiger partial charge in [-0.2, -0.15) is 4.31 Å². The first-order chi connectivity index (χ1) is 10.9. The van der Waals surface area contributed by atoms with Crippen LogP contribution in [-0.2, 0) is 19.6 Å². The smallest absolute Gasteiger partial charge is 0.237 e. The quantitative estimate of drug-likeness (QED) is 0.606. The summed E-state index contributed by atoms with van der Waals surface area (Å²) in [4.78, 5) is 16.0. The van der Waals surface area contributed by atoms with Crippen molar-refractivity contribution in [3.63, 3.8) is 0 Å². The summed E-state index contributed by atoms with van der Waals surface area (Å²) >= 11 is 0. The van der Waals surface area contributed by atoms with Gasteiger partial charge in [-0.3, -0.25) is 9.69 Å². The molecular formula is C14H27N3O5S. The van der Waals surface area contributed by atoms with Crippen LogP contribution in [0.15, 0.2) is 0 Å². The van der Waals surface area contributed by atoms with Crippen molar-refractivity contribution in [1.82, 2.24) is 14.1 Å². The van der Waals surface area contributed by atoms with Crippen LogP contribution in [0.1, 0.15) is 13.3 Å². The first-order valence-corrected chi connectivity index (χ1v) is 9.77. The summed E-state index contributed by atoms with van der Waals surface area (Å²) in [5.41, 5.74) is 0. The molecule has 0 radical (unpaired) electrons. The molecule has 9 heteroatoms. The number of ether oxygens (including phenoxy) is 1. The van der Waals surface area contributed by atoms with E-state index in [0.717, 1.165) is 0 Å². The Morgan fingerprint density at radius 3 is 2.48 bits per heavy atom. The Morgan fingerprint density at radius 2 is 1.91 bits per heavy atom. The van der Waals surface area contributed by atoms with E-state index in [1.807, 2.05) is 6.92 Å². The summed E-state index contributed by atoms with van der Waals surface area (Å²) in [7, 11) is -3.23. The van der Waals surface area contributed by atoms with Crippen molar-refractivity contribution >= 4 is 15.9 Å². The lowest BCUT2D eigenvalue weighted by molar-refractivity contribution is -0.133. The van der Waals surface area contributed by atoms with E-state index in [1.54, 1.807) is 4.90 Å². The van der Waals surface area contributed by atoms with Gasteiger partial charge < -0.3 is 14.7 Å². The molecule has 2 rings (SSSR count). The molecule has 0 aromatic carbocycles. The molecule has 23 heavy (non-hydrogen) atoms. The zero-order chi connectivity index (χ0) is 16.9. The molecule has 0 aliphatic carbocycles. The molecule has 1 amide bonds. The number of piperazine rings is 1. The number of hydrogen-bond acceptors (Lipinski definition) is 6. The van der Waals surface area contributed by atoms with Crippen molar-refractivity contribution in [2.75, 3.05) is 64.8 Å². The van der Waals surface area contributed by atoms with Gasteiger partial charge in [0.2, 0.25) is 15.9 Å². The Morgan fingerprint density at radius 1 is 1.22 bits per heavy atom. The Kier molecular flexibility index (Phi) is 6.78. The number of β-amino-alcohol motifs (C(OH)–C–C–N with tert-alkyl or cyclic N) is 1. The van der Waals surface area contributed by atoms with Crippen molar-refractivity contribution in [1.29, 1.82) is 0 Å². The van der Waals surface area contributed by atoms with E-state index in [9.17, 15) is 18.3 Å². The zero-order valence-corrected chi connectivity index (χ0v) is 14.5. The van der Waals surface area contributed by atoms with E-state index in [-0.39, 0.29) is 18.2 Å². The number of carbonyl (C=O) groups is 1. The minimum absolute atomic E-state index is 0.0463.